The van der Waals surface area contributed by atoms with Gasteiger partial charge in [-0.05, 0) is 42.3 Å². The number of nitrogens with one attached hydrogen (secondary N) is 1. The van der Waals surface area contributed by atoms with Crippen LogP contribution in [-0.4, -0.2) is 27.1 Å². The fourth-order valence-corrected chi connectivity index (χ4v) is 5.06. The van der Waals surface area contributed by atoms with Crippen molar-refractivity contribution in [3.05, 3.63) is 63.8 Å². The van der Waals surface area contributed by atoms with Crippen LogP contribution in [0.2, 0.25) is 0 Å². The summed E-state index contributed by atoms with van der Waals surface area (Å²) in [6, 6.07) is 12.5. The summed E-state index contributed by atoms with van der Waals surface area (Å²) in [6.07, 6.45) is 1.83. The molecule has 0 saturated heterocycles. The number of anilines is 1. The van der Waals surface area contributed by atoms with Gasteiger partial charge in [0.1, 0.15) is 11.5 Å². The molecule has 2 aromatic heterocycles. The van der Waals surface area contributed by atoms with Gasteiger partial charge in [0.15, 0.2) is 0 Å². The van der Waals surface area contributed by atoms with Gasteiger partial charge in [-0.3, -0.25) is 9.67 Å². The summed E-state index contributed by atoms with van der Waals surface area (Å²) in [5.74, 6) is 2.15. The van der Waals surface area contributed by atoms with Crippen molar-refractivity contribution in [3.63, 3.8) is 0 Å². The zero-order valence-electron chi connectivity index (χ0n) is 14.2. The predicted octanol–water partition coefficient (Wildman–Crippen LogP) is 4.80. The predicted molar refractivity (Wildman–Crippen MR) is 108 cm³/mol. The van der Waals surface area contributed by atoms with Crippen molar-refractivity contribution in [1.82, 2.24) is 14.8 Å². The lowest BCUT2D eigenvalue weighted by molar-refractivity contribution is 0.773. The van der Waals surface area contributed by atoms with E-state index in [4.69, 9.17) is 5.10 Å². The van der Waals surface area contributed by atoms with Crippen LogP contribution in [0.25, 0.3) is 11.4 Å². The Bertz CT molecular complexity index is 907. The molecule has 0 spiro atoms. The summed E-state index contributed by atoms with van der Waals surface area (Å²) < 4.78 is 3.06. The van der Waals surface area contributed by atoms with Crippen LogP contribution in [0, 0.1) is 6.92 Å². The molecule has 1 N–H and O–H groups in total. The standard InChI is InChI=1S/C19H19BrN4S/c1-12-11-13(20)6-7-14(12)18-16-17(15-5-3-4-8-21-15)23-24(2)19(16)22-9-10-25-18/h3-8,11,18,22H,9-10H2,1-2H3. The number of aromatic nitrogens is 3. The molecular weight excluding hydrogens is 396 g/mol. The molecule has 128 valence electrons. The topological polar surface area (TPSA) is 42.7 Å². The SMILES string of the molecule is Cc1cc(Br)ccc1C1SCCNc2c1c(-c1ccccn1)nn2C. The maximum absolute atomic E-state index is 4.80. The van der Waals surface area contributed by atoms with Crippen LogP contribution >= 0.6 is 27.7 Å². The summed E-state index contributed by atoms with van der Waals surface area (Å²) in [7, 11) is 2.00. The summed E-state index contributed by atoms with van der Waals surface area (Å²) in [6.45, 7) is 3.11. The van der Waals surface area contributed by atoms with Crippen LogP contribution in [0.3, 0.4) is 0 Å². The number of thioether (sulfide) groups is 1. The van der Waals surface area contributed by atoms with Crippen molar-refractivity contribution in [2.45, 2.75) is 12.2 Å². The number of hydrogen-bond acceptors (Lipinski definition) is 4. The minimum Gasteiger partial charge on any atom is -0.369 e. The van der Waals surface area contributed by atoms with Crippen molar-refractivity contribution in [2.75, 3.05) is 17.6 Å². The molecule has 0 saturated carbocycles. The van der Waals surface area contributed by atoms with Crippen LogP contribution in [0.4, 0.5) is 5.82 Å². The Hall–Kier alpha value is -1.79. The van der Waals surface area contributed by atoms with E-state index in [1.165, 1.54) is 16.7 Å². The van der Waals surface area contributed by atoms with Crippen LogP contribution in [0.1, 0.15) is 21.9 Å². The summed E-state index contributed by atoms with van der Waals surface area (Å²) >= 11 is 5.54. The maximum Gasteiger partial charge on any atom is 0.129 e. The molecule has 0 aliphatic carbocycles. The van der Waals surface area contributed by atoms with Gasteiger partial charge in [0.2, 0.25) is 0 Å². The van der Waals surface area contributed by atoms with Crippen molar-refractivity contribution in [1.29, 1.82) is 0 Å². The van der Waals surface area contributed by atoms with Crippen LogP contribution in [0.15, 0.2) is 47.1 Å². The number of halogens is 1. The number of nitrogens with zero attached hydrogens (tertiary/aromatic N) is 3. The van der Waals surface area contributed by atoms with Crippen LogP contribution in [0.5, 0.6) is 0 Å². The molecule has 25 heavy (non-hydrogen) atoms. The average Bonchev–Trinajstić information content (AvgIpc) is 2.79. The minimum atomic E-state index is 0.240. The highest BCUT2D eigenvalue weighted by Gasteiger charge is 2.30. The highest BCUT2D eigenvalue weighted by molar-refractivity contribution is 9.10. The second kappa shape index (κ2) is 6.84. The van der Waals surface area contributed by atoms with Crippen molar-refractivity contribution in [3.8, 4) is 11.4 Å². The molecule has 3 aromatic rings. The highest BCUT2D eigenvalue weighted by Crippen LogP contribution is 2.46. The zero-order chi connectivity index (χ0) is 17.4. The Morgan fingerprint density at radius 3 is 2.92 bits per heavy atom. The monoisotopic (exact) mass is 414 g/mol. The zero-order valence-corrected chi connectivity index (χ0v) is 16.6. The van der Waals surface area contributed by atoms with Crippen LogP contribution in [-0.2, 0) is 7.05 Å². The fraction of sp³-hybridized carbons (Fsp3) is 0.263. The van der Waals surface area contributed by atoms with E-state index in [-0.39, 0.29) is 5.25 Å². The Balaban J connectivity index is 1.92. The van der Waals surface area contributed by atoms with E-state index in [0.717, 1.165) is 34.0 Å². The minimum absolute atomic E-state index is 0.240. The maximum atomic E-state index is 4.80. The molecule has 1 aliphatic rings. The molecule has 0 bridgehead atoms. The first kappa shape index (κ1) is 16.7. The molecule has 1 unspecified atom stereocenters. The molecule has 0 radical (unpaired) electrons. The van der Waals surface area contributed by atoms with E-state index in [1.807, 2.05) is 47.9 Å². The summed E-state index contributed by atoms with van der Waals surface area (Å²) in [5, 5.41) is 8.59. The van der Waals surface area contributed by atoms with E-state index in [9.17, 15) is 0 Å². The van der Waals surface area contributed by atoms with Gasteiger partial charge in [0.25, 0.3) is 0 Å². The average molecular weight is 415 g/mol. The molecule has 4 rings (SSSR count). The third kappa shape index (κ3) is 3.09. The molecule has 4 nitrogen and oxygen atoms in total. The lowest BCUT2D eigenvalue weighted by Gasteiger charge is -2.18. The number of benzene rings is 1. The van der Waals surface area contributed by atoms with Gasteiger partial charge in [0, 0.05) is 35.6 Å². The van der Waals surface area contributed by atoms with Crippen molar-refractivity contribution >= 4 is 33.5 Å². The fourth-order valence-electron chi connectivity index (χ4n) is 3.30. The van der Waals surface area contributed by atoms with Gasteiger partial charge in [-0.2, -0.15) is 5.10 Å². The largest absolute Gasteiger partial charge is 0.369 e. The molecule has 0 amide bonds. The second-order valence-corrected chi connectivity index (χ2v) is 8.26. The van der Waals surface area contributed by atoms with Gasteiger partial charge >= 0.3 is 0 Å². The van der Waals surface area contributed by atoms with E-state index in [2.05, 4.69) is 51.4 Å². The molecule has 1 atom stereocenters. The number of hydrogen-bond donors (Lipinski definition) is 1. The van der Waals surface area contributed by atoms with Crippen LogP contribution < -0.4 is 5.32 Å². The normalized spacial score (nSPS) is 16.8. The molecule has 0 fully saturated rings. The number of fused-ring (bicyclic) bond motifs is 1. The molecule has 1 aliphatic heterocycles. The van der Waals surface area contributed by atoms with Gasteiger partial charge in [-0.15, -0.1) is 11.8 Å². The number of aryl methyl sites for hydroxylation is 2. The number of rotatable bonds is 2. The van der Waals surface area contributed by atoms with Crippen molar-refractivity contribution < 1.29 is 0 Å². The Morgan fingerprint density at radius 2 is 2.16 bits per heavy atom. The first-order valence-electron chi connectivity index (χ1n) is 8.25. The number of pyridine rings is 1. The third-order valence-electron chi connectivity index (χ3n) is 4.45. The lowest BCUT2D eigenvalue weighted by atomic mass is 9.98. The van der Waals surface area contributed by atoms with E-state index >= 15 is 0 Å². The van der Waals surface area contributed by atoms with Gasteiger partial charge in [-0.1, -0.05) is 28.1 Å². The third-order valence-corrected chi connectivity index (χ3v) is 6.20. The molecule has 6 heteroatoms. The van der Waals surface area contributed by atoms with E-state index in [1.54, 1.807) is 0 Å². The Labute approximate surface area is 160 Å². The highest BCUT2D eigenvalue weighted by atomic mass is 79.9. The summed E-state index contributed by atoms with van der Waals surface area (Å²) in [5.41, 5.74) is 5.74. The molecule has 1 aromatic carbocycles. The smallest absolute Gasteiger partial charge is 0.129 e. The quantitative estimate of drug-likeness (QED) is 0.653. The first-order valence-corrected chi connectivity index (χ1v) is 10.1. The molecule has 3 heterocycles. The second-order valence-electron chi connectivity index (χ2n) is 6.13. The Kier molecular flexibility index (Phi) is 4.56. The van der Waals surface area contributed by atoms with E-state index < -0.39 is 0 Å². The van der Waals surface area contributed by atoms with Gasteiger partial charge in [0.05, 0.1) is 10.9 Å². The first-order chi connectivity index (χ1) is 12.1. The van der Waals surface area contributed by atoms with Gasteiger partial charge < -0.3 is 5.32 Å². The molecular formula is C19H19BrN4S. The summed E-state index contributed by atoms with van der Waals surface area (Å²) in [4.78, 5) is 4.55. The van der Waals surface area contributed by atoms with Crippen molar-refractivity contribution in [2.24, 2.45) is 7.05 Å². The lowest BCUT2D eigenvalue weighted by Crippen LogP contribution is -2.06. The van der Waals surface area contributed by atoms with Gasteiger partial charge in [-0.25, -0.2) is 0 Å². The van der Waals surface area contributed by atoms with E-state index in [0.29, 0.717) is 0 Å². The Morgan fingerprint density at radius 1 is 1.28 bits per heavy atom.